The summed E-state index contributed by atoms with van der Waals surface area (Å²) in [5.41, 5.74) is 25.9. The molecule has 0 aliphatic heterocycles. The van der Waals surface area contributed by atoms with Gasteiger partial charge in [0.1, 0.15) is 22.9 Å². The molecule has 0 amide bonds. The number of nitrogens with two attached hydrogens (primary N) is 3. The van der Waals surface area contributed by atoms with Crippen LogP contribution in [-0.4, -0.2) is 25.9 Å². The van der Waals surface area contributed by atoms with Crippen LogP contribution in [0.5, 0.6) is 0 Å². The van der Waals surface area contributed by atoms with E-state index in [9.17, 15) is 10.1 Å². The Kier molecular flexibility index (Phi) is 7.91. The first-order chi connectivity index (χ1) is 10.5. The summed E-state index contributed by atoms with van der Waals surface area (Å²) in [5, 5.41) is 17.0. The summed E-state index contributed by atoms with van der Waals surface area (Å²) < 4.78 is 0. The second-order valence-corrected chi connectivity index (χ2v) is 2.65. The van der Waals surface area contributed by atoms with Crippen LogP contribution < -0.4 is 27.9 Å². The first-order valence-electron chi connectivity index (χ1n) is 4.74. The van der Waals surface area contributed by atoms with E-state index < -0.39 is 22.9 Å². The highest BCUT2D eigenvalue weighted by Crippen LogP contribution is 2.19. The van der Waals surface area contributed by atoms with Crippen molar-refractivity contribution < 1.29 is 10.1 Å². The Bertz CT molecular complexity index is 601. The molecule has 0 spiro atoms. The van der Waals surface area contributed by atoms with E-state index in [-0.39, 0.29) is 5.96 Å². The highest BCUT2D eigenvalue weighted by atomic mass is 16.7. The number of hydrazone groups is 1. The molecule has 0 aliphatic carbocycles. The molecule has 0 aliphatic rings. The minimum absolute atomic E-state index is 0.148. The SMILES string of the molecule is NN/C(N)=[NH+]\N.[N-]=[N+]=Nc1nc(N=[N+]=[N-])nc([N-][N+](=O)[O-])n1. The van der Waals surface area contributed by atoms with Crippen LogP contribution in [0.2, 0.25) is 0 Å². The number of aromatic nitrogens is 3. The fraction of sp³-hybridized carbons (Fsp3) is 0. The summed E-state index contributed by atoms with van der Waals surface area (Å²) >= 11 is 0. The van der Waals surface area contributed by atoms with Crippen molar-refractivity contribution in [2.45, 2.75) is 0 Å². The third kappa shape index (κ3) is 7.33. The van der Waals surface area contributed by atoms with Crippen molar-refractivity contribution >= 4 is 23.8 Å². The molecule has 0 radical (unpaired) electrons. The van der Waals surface area contributed by atoms with Gasteiger partial charge in [0.15, 0.2) is 0 Å². The van der Waals surface area contributed by atoms with E-state index in [1.807, 2.05) is 0 Å². The highest BCUT2D eigenvalue weighted by Gasteiger charge is 1.99. The predicted molar refractivity (Wildman–Crippen MR) is 69.1 cm³/mol. The molecule has 0 unspecified atom stereocenters. The Morgan fingerprint density at radius 1 is 1.32 bits per heavy atom. The highest BCUT2D eigenvalue weighted by molar-refractivity contribution is 5.70. The van der Waals surface area contributed by atoms with E-state index in [2.05, 4.69) is 51.0 Å². The average Bonchev–Trinajstić information content (AvgIpc) is 2.47. The van der Waals surface area contributed by atoms with Gasteiger partial charge in [-0.15, -0.1) is 0 Å². The van der Waals surface area contributed by atoms with Gasteiger partial charge in [-0.25, -0.2) is 20.5 Å². The molecule has 0 saturated heterocycles. The van der Waals surface area contributed by atoms with Crippen LogP contribution in [-0.2, 0) is 0 Å². The fourth-order valence-corrected chi connectivity index (χ4v) is 0.672. The number of nitro groups is 1. The third-order valence-corrected chi connectivity index (χ3v) is 1.35. The lowest BCUT2D eigenvalue weighted by Crippen LogP contribution is -2.85. The lowest BCUT2D eigenvalue weighted by molar-refractivity contribution is -0.472. The van der Waals surface area contributed by atoms with Crippen molar-refractivity contribution in [2.75, 3.05) is 0 Å². The van der Waals surface area contributed by atoms with Crippen molar-refractivity contribution in [2.24, 2.45) is 27.6 Å². The lowest BCUT2D eigenvalue weighted by Gasteiger charge is -2.05. The van der Waals surface area contributed by atoms with Crippen molar-refractivity contribution in [1.29, 1.82) is 0 Å². The van der Waals surface area contributed by atoms with Crippen molar-refractivity contribution in [3.05, 3.63) is 36.4 Å². The van der Waals surface area contributed by atoms with E-state index in [1.54, 1.807) is 0 Å². The molecule has 0 aromatic carbocycles. The molecule has 116 valence electrons. The van der Waals surface area contributed by atoms with E-state index in [0.29, 0.717) is 0 Å². The number of hydrogen-bond acceptors (Lipinski definition) is 9. The zero-order valence-corrected chi connectivity index (χ0v) is 10.5. The zero-order chi connectivity index (χ0) is 17.0. The Hall–Kier alpha value is -4.14. The largest absolute Gasteiger partial charge is 0.379 e. The van der Waals surface area contributed by atoms with Gasteiger partial charge in [-0.1, -0.05) is 5.43 Å². The van der Waals surface area contributed by atoms with Gasteiger partial charge in [0.2, 0.25) is 0 Å². The number of rotatable bonds is 4. The van der Waals surface area contributed by atoms with Gasteiger partial charge in [-0.3, -0.25) is 11.6 Å². The fourth-order valence-electron chi connectivity index (χ4n) is 0.672. The van der Waals surface area contributed by atoms with Gasteiger partial charge in [0.05, 0.1) is 0 Å². The molecule has 18 nitrogen and oxygen atoms in total. The minimum atomic E-state index is -1.06. The maximum Gasteiger partial charge on any atom is 0.379 e. The second-order valence-electron chi connectivity index (χ2n) is 2.65. The summed E-state index contributed by atoms with van der Waals surface area (Å²) in [5.74, 6) is 8.00. The Labute approximate surface area is 119 Å². The van der Waals surface area contributed by atoms with Crippen molar-refractivity contribution in [3.63, 3.8) is 0 Å². The molecule has 1 aromatic heterocycles. The molecule has 1 rings (SSSR count). The Balaban J connectivity index is 0.000000626. The van der Waals surface area contributed by atoms with Gasteiger partial charge < -0.3 is 9.97 Å². The van der Waals surface area contributed by atoms with E-state index >= 15 is 0 Å². The number of hydrazine groups is 2. The molecule has 18 heteroatoms. The molecule has 0 saturated carbocycles. The van der Waals surface area contributed by atoms with Crippen LogP contribution in [0.25, 0.3) is 26.3 Å². The topological polar surface area (TPSA) is 297 Å². The van der Waals surface area contributed by atoms with Gasteiger partial charge in [-0.05, 0) is 21.3 Å². The van der Waals surface area contributed by atoms with E-state index in [0.717, 1.165) is 0 Å². The Morgan fingerprint density at radius 3 is 2.09 bits per heavy atom. The lowest BCUT2D eigenvalue weighted by atomic mass is 10.8. The molecule has 1 heterocycles. The van der Waals surface area contributed by atoms with Gasteiger partial charge in [-0.2, -0.15) is 10.9 Å². The van der Waals surface area contributed by atoms with Crippen LogP contribution in [0.4, 0.5) is 17.8 Å². The first-order valence-corrected chi connectivity index (χ1v) is 4.74. The summed E-state index contributed by atoms with van der Waals surface area (Å²) in [6.45, 7) is 0. The maximum atomic E-state index is 10.0. The average molecular weight is 312 g/mol. The van der Waals surface area contributed by atoms with Gasteiger partial charge >= 0.3 is 5.96 Å². The van der Waals surface area contributed by atoms with Crippen molar-refractivity contribution in [1.82, 2.24) is 20.4 Å². The van der Waals surface area contributed by atoms with Crippen LogP contribution in [0.15, 0.2) is 10.2 Å². The van der Waals surface area contributed by atoms with Crippen LogP contribution in [0.1, 0.15) is 0 Å². The number of nitrogens with zero attached hydrogens (tertiary/aromatic N) is 11. The van der Waals surface area contributed by atoms with Gasteiger partial charge in [0, 0.05) is 9.82 Å². The van der Waals surface area contributed by atoms with E-state index in [1.165, 1.54) is 0 Å². The minimum Gasteiger partial charge on any atom is -0.335 e. The molecular weight excluding hydrogens is 304 g/mol. The second kappa shape index (κ2) is 9.75. The first kappa shape index (κ1) is 17.9. The third-order valence-electron chi connectivity index (χ3n) is 1.35. The quantitative estimate of drug-likeness (QED) is 0.0580. The summed E-state index contributed by atoms with van der Waals surface area (Å²) in [6, 6.07) is 0. The summed E-state index contributed by atoms with van der Waals surface area (Å²) in [7, 11) is 0. The van der Waals surface area contributed by atoms with Gasteiger partial charge in [0.25, 0.3) is 0 Å². The zero-order valence-electron chi connectivity index (χ0n) is 10.5. The molecule has 8 N–H and O–H groups in total. The van der Waals surface area contributed by atoms with Crippen LogP contribution >= 0.6 is 0 Å². The molecule has 0 bridgehead atoms. The summed E-state index contributed by atoms with van der Waals surface area (Å²) in [4.78, 5) is 24.7. The number of nitrogens with one attached hydrogen (secondary N) is 2. The standard InChI is InChI=1S/C3N11O2.CH7N5/c4-12-9-1-6-2(10-13-5)8-3(7-1)11-14(15)16;2-1(5-3)6-4/h;3-4H2,(H3,2,5,6)/q-1;/p+1. The number of guanidine groups is 1. The van der Waals surface area contributed by atoms with Crippen molar-refractivity contribution in [3.8, 4) is 0 Å². The molecular formula is C4H8N16O2. The maximum absolute atomic E-state index is 10.0. The molecule has 22 heavy (non-hydrogen) atoms. The van der Waals surface area contributed by atoms with E-state index in [4.69, 9.17) is 28.5 Å². The van der Waals surface area contributed by atoms with Crippen LogP contribution in [0, 0.1) is 10.1 Å². The van der Waals surface area contributed by atoms with Crippen LogP contribution in [0.3, 0.4) is 0 Å². The molecule has 0 fully saturated rings. The number of hydrogen-bond donors (Lipinski definition) is 5. The monoisotopic (exact) mass is 312 g/mol. The predicted octanol–water partition coefficient (Wildman–Crippen LogP) is -2.33. The molecule has 0 atom stereocenters. The molecule has 1 aromatic rings. The summed E-state index contributed by atoms with van der Waals surface area (Å²) in [6.07, 6.45) is 0. The normalized spacial score (nSPS) is 9.23. The smallest absolute Gasteiger partial charge is 0.335 e. The Morgan fingerprint density at radius 2 is 1.82 bits per heavy atom. The number of azide groups is 2.